The summed E-state index contributed by atoms with van der Waals surface area (Å²) in [4.78, 5) is 21.1. The number of hydrogen-bond donors (Lipinski definition) is 0. The maximum absolute atomic E-state index is 13.7. The van der Waals surface area contributed by atoms with E-state index in [1.807, 2.05) is 24.4 Å². The molecule has 0 spiro atoms. The van der Waals surface area contributed by atoms with Crippen molar-refractivity contribution in [3.63, 3.8) is 0 Å². The fourth-order valence-electron chi connectivity index (χ4n) is 3.39. The molecule has 1 aliphatic heterocycles. The monoisotopic (exact) mass is 409 g/mol. The fraction of sp³-hybridized carbons (Fsp3) is 0.400. The van der Waals surface area contributed by atoms with Gasteiger partial charge in [0, 0.05) is 51.0 Å². The van der Waals surface area contributed by atoms with E-state index >= 15 is 0 Å². The molecular formula is C20H22Cl2FN3O. The number of halogens is 3. The molecule has 1 aliphatic rings. The number of aromatic nitrogens is 1. The van der Waals surface area contributed by atoms with Gasteiger partial charge in [-0.15, -0.1) is 0 Å². The van der Waals surface area contributed by atoms with Gasteiger partial charge in [-0.1, -0.05) is 29.3 Å². The zero-order chi connectivity index (χ0) is 19.4. The Morgan fingerprint density at radius 3 is 2.67 bits per heavy atom. The van der Waals surface area contributed by atoms with Gasteiger partial charge in [0.25, 0.3) is 5.91 Å². The number of carbonyl (C=O) groups is 1. The van der Waals surface area contributed by atoms with Gasteiger partial charge in [0.1, 0.15) is 5.82 Å². The first-order chi connectivity index (χ1) is 13.0. The van der Waals surface area contributed by atoms with Crippen LogP contribution in [0, 0.1) is 5.82 Å². The van der Waals surface area contributed by atoms with Gasteiger partial charge in [0.2, 0.25) is 0 Å². The van der Waals surface area contributed by atoms with Crippen molar-refractivity contribution in [3.05, 3.63) is 63.6 Å². The summed E-state index contributed by atoms with van der Waals surface area (Å²) in [7, 11) is 1.75. The molecule has 0 radical (unpaired) electrons. The summed E-state index contributed by atoms with van der Waals surface area (Å²) in [5.41, 5.74) is 1.24. The third kappa shape index (κ3) is 4.98. The fourth-order valence-corrected chi connectivity index (χ4v) is 3.86. The van der Waals surface area contributed by atoms with E-state index in [0.29, 0.717) is 0 Å². The summed E-state index contributed by atoms with van der Waals surface area (Å²) in [6, 6.07) is 8.46. The van der Waals surface area contributed by atoms with Crippen LogP contribution in [-0.4, -0.2) is 53.4 Å². The first-order valence-electron chi connectivity index (χ1n) is 8.99. The average Bonchev–Trinajstić information content (AvgIpc) is 2.69. The molecule has 1 aromatic heterocycles. The van der Waals surface area contributed by atoms with Crippen LogP contribution in [-0.2, 0) is 6.42 Å². The van der Waals surface area contributed by atoms with E-state index in [1.165, 1.54) is 6.07 Å². The number of likely N-dealkylation sites (tertiary alicyclic amines) is 1. The minimum Gasteiger partial charge on any atom is -0.339 e. The van der Waals surface area contributed by atoms with Crippen LogP contribution in [0.1, 0.15) is 28.9 Å². The summed E-state index contributed by atoms with van der Waals surface area (Å²) in [6.45, 7) is 2.78. The normalized spacial score (nSPS) is 15.7. The van der Waals surface area contributed by atoms with Gasteiger partial charge in [-0.3, -0.25) is 9.78 Å². The van der Waals surface area contributed by atoms with Gasteiger partial charge in [-0.05, 0) is 37.1 Å². The predicted octanol–water partition coefficient (Wildman–Crippen LogP) is 4.31. The van der Waals surface area contributed by atoms with E-state index in [1.54, 1.807) is 11.9 Å². The molecule has 3 rings (SSSR count). The van der Waals surface area contributed by atoms with E-state index in [-0.39, 0.29) is 27.6 Å². The van der Waals surface area contributed by atoms with Crippen molar-refractivity contribution in [2.45, 2.75) is 25.3 Å². The molecule has 0 atom stereocenters. The highest BCUT2D eigenvalue weighted by atomic mass is 35.5. The van der Waals surface area contributed by atoms with Crippen LogP contribution < -0.4 is 0 Å². The lowest BCUT2D eigenvalue weighted by molar-refractivity contribution is 0.0643. The van der Waals surface area contributed by atoms with E-state index in [9.17, 15) is 9.18 Å². The van der Waals surface area contributed by atoms with Gasteiger partial charge < -0.3 is 9.80 Å². The SMILES string of the molecule is CN(C(=O)c1cc(F)c(Cl)cc1Cl)C1CCN(CCc2ccccn2)CC1. The average molecular weight is 410 g/mol. The van der Waals surface area contributed by atoms with Crippen LogP contribution in [0.4, 0.5) is 4.39 Å². The number of nitrogens with zero attached hydrogens (tertiary/aromatic N) is 3. The highest BCUT2D eigenvalue weighted by molar-refractivity contribution is 6.36. The van der Waals surface area contributed by atoms with Crippen molar-refractivity contribution >= 4 is 29.1 Å². The Morgan fingerprint density at radius 1 is 1.26 bits per heavy atom. The van der Waals surface area contributed by atoms with Crippen molar-refractivity contribution in [1.29, 1.82) is 0 Å². The lowest BCUT2D eigenvalue weighted by Crippen LogP contribution is -2.46. The van der Waals surface area contributed by atoms with Crippen molar-refractivity contribution in [2.75, 3.05) is 26.7 Å². The molecule has 1 fully saturated rings. The second-order valence-corrected chi connectivity index (χ2v) is 7.62. The van der Waals surface area contributed by atoms with Crippen LogP contribution in [0.5, 0.6) is 0 Å². The number of piperidine rings is 1. The Bertz CT molecular complexity index is 795. The Balaban J connectivity index is 1.54. The molecular weight excluding hydrogens is 388 g/mol. The zero-order valence-corrected chi connectivity index (χ0v) is 16.7. The Hall–Kier alpha value is -1.69. The summed E-state index contributed by atoms with van der Waals surface area (Å²) < 4.78 is 13.7. The quantitative estimate of drug-likeness (QED) is 0.690. The molecule has 1 aromatic carbocycles. The third-order valence-electron chi connectivity index (χ3n) is 5.08. The summed E-state index contributed by atoms with van der Waals surface area (Å²) in [5.74, 6) is -0.912. The van der Waals surface area contributed by atoms with E-state index in [0.717, 1.165) is 50.7 Å². The molecule has 0 saturated carbocycles. The smallest absolute Gasteiger partial charge is 0.255 e. The molecule has 2 aromatic rings. The van der Waals surface area contributed by atoms with Crippen molar-refractivity contribution in [3.8, 4) is 0 Å². The molecule has 7 heteroatoms. The lowest BCUT2D eigenvalue weighted by atomic mass is 10.0. The first kappa shape index (κ1) is 20.1. The second-order valence-electron chi connectivity index (χ2n) is 6.81. The van der Waals surface area contributed by atoms with Crippen LogP contribution in [0.15, 0.2) is 36.5 Å². The topological polar surface area (TPSA) is 36.4 Å². The van der Waals surface area contributed by atoms with Gasteiger partial charge >= 0.3 is 0 Å². The zero-order valence-electron chi connectivity index (χ0n) is 15.2. The molecule has 4 nitrogen and oxygen atoms in total. The van der Waals surface area contributed by atoms with Gasteiger partial charge in [0.15, 0.2) is 0 Å². The molecule has 144 valence electrons. The molecule has 0 bridgehead atoms. The maximum Gasteiger partial charge on any atom is 0.255 e. The van der Waals surface area contributed by atoms with Gasteiger partial charge in [0.05, 0.1) is 15.6 Å². The summed E-state index contributed by atoms with van der Waals surface area (Å²) in [6.07, 6.45) is 4.48. The van der Waals surface area contributed by atoms with E-state index in [4.69, 9.17) is 23.2 Å². The van der Waals surface area contributed by atoms with Crippen molar-refractivity contribution in [1.82, 2.24) is 14.8 Å². The van der Waals surface area contributed by atoms with E-state index in [2.05, 4.69) is 9.88 Å². The standard InChI is InChI=1S/C20H22Cl2FN3O/c1-25(20(27)16-12-19(23)18(22)13-17(16)21)15-6-10-26(11-7-15)9-5-14-4-2-3-8-24-14/h2-4,8,12-13,15H,5-7,9-11H2,1H3. The number of hydrogen-bond acceptors (Lipinski definition) is 3. The predicted molar refractivity (Wildman–Crippen MR) is 106 cm³/mol. The van der Waals surface area contributed by atoms with Crippen LogP contribution >= 0.6 is 23.2 Å². The molecule has 2 heterocycles. The van der Waals surface area contributed by atoms with Crippen molar-refractivity contribution < 1.29 is 9.18 Å². The summed E-state index contributed by atoms with van der Waals surface area (Å²) in [5, 5.41) is 0.0893. The molecule has 0 aliphatic carbocycles. The Kier molecular flexibility index (Phi) is 6.68. The number of benzene rings is 1. The van der Waals surface area contributed by atoms with Crippen molar-refractivity contribution in [2.24, 2.45) is 0 Å². The summed E-state index contributed by atoms with van der Waals surface area (Å²) >= 11 is 11.8. The van der Waals surface area contributed by atoms with Crippen LogP contribution in [0.25, 0.3) is 0 Å². The number of carbonyl (C=O) groups excluding carboxylic acids is 1. The highest BCUT2D eigenvalue weighted by Crippen LogP contribution is 2.26. The Morgan fingerprint density at radius 2 is 2.00 bits per heavy atom. The van der Waals surface area contributed by atoms with Gasteiger partial charge in [-0.25, -0.2) is 4.39 Å². The lowest BCUT2D eigenvalue weighted by Gasteiger charge is -2.36. The second kappa shape index (κ2) is 9.00. The van der Waals surface area contributed by atoms with Crippen LogP contribution in [0.3, 0.4) is 0 Å². The van der Waals surface area contributed by atoms with Gasteiger partial charge in [-0.2, -0.15) is 0 Å². The molecule has 27 heavy (non-hydrogen) atoms. The molecule has 0 N–H and O–H groups in total. The number of rotatable bonds is 5. The minimum atomic E-state index is -0.637. The molecule has 0 unspecified atom stereocenters. The maximum atomic E-state index is 13.7. The minimum absolute atomic E-state index is 0.0829. The molecule has 1 amide bonds. The van der Waals surface area contributed by atoms with E-state index < -0.39 is 5.82 Å². The largest absolute Gasteiger partial charge is 0.339 e. The number of amides is 1. The third-order valence-corrected chi connectivity index (χ3v) is 5.68. The van der Waals surface area contributed by atoms with Crippen LogP contribution in [0.2, 0.25) is 10.0 Å². The molecule has 1 saturated heterocycles. The highest BCUT2D eigenvalue weighted by Gasteiger charge is 2.27. The first-order valence-corrected chi connectivity index (χ1v) is 9.75. The Labute approximate surface area is 168 Å². The number of pyridine rings is 1.